The number of aryl methyl sites for hydroxylation is 1. The molecule has 0 radical (unpaired) electrons. The van der Waals surface area contributed by atoms with E-state index in [1.807, 2.05) is 17.9 Å². The lowest BCUT2D eigenvalue weighted by Gasteiger charge is -2.29. The van der Waals surface area contributed by atoms with E-state index < -0.39 is 0 Å². The van der Waals surface area contributed by atoms with Crippen LogP contribution >= 0.6 is 0 Å². The summed E-state index contributed by atoms with van der Waals surface area (Å²) in [5.74, 6) is 1.80. The van der Waals surface area contributed by atoms with E-state index in [1.165, 1.54) is 0 Å². The number of aromatic nitrogens is 2. The van der Waals surface area contributed by atoms with E-state index in [4.69, 9.17) is 9.26 Å². The molecule has 27 heavy (non-hydrogen) atoms. The van der Waals surface area contributed by atoms with Crippen LogP contribution in [0.4, 0.5) is 0 Å². The molecule has 2 heterocycles. The predicted octanol–water partition coefficient (Wildman–Crippen LogP) is 2.04. The van der Waals surface area contributed by atoms with Gasteiger partial charge in [-0.2, -0.15) is 4.98 Å². The maximum absolute atomic E-state index is 12.4. The number of nitrogens with one attached hydrogen (secondary N) is 1. The molecular weight excluding hydrogens is 348 g/mol. The molecule has 1 aliphatic heterocycles. The minimum Gasteiger partial charge on any atom is -0.497 e. The Morgan fingerprint density at radius 3 is 2.70 bits per heavy atom. The molecule has 0 atom stereocenters. The second-order valence-electron chi connectivity index (χ2n) is 6.69. The number of benzene rings is 1. The smallest absolute Gasteiger partial charge is 0.251 e. The van der Waals surface area contributed by atoms with Crippen molar-refractivity contribution in [1.82, 2.24) is 20.4 Å². The summed E-state index contributed by atoms with van der Waals surface area (Å²) in [6.45, 7) is 5.02. The van der Waals surface area contributed by atoms with Crippen molar-refractivity contribution in [1.29, 1.82) is 0 Å². The molecule has 1 saturated heterocycles. The molecule has 0 bridgehead atoms. The molecule has 144 valence electrons. The Labute approximate surface area is 157 Å². The van der Waals surface area contributed by atoms with Gasteiger partial charge in [0.2, 0.25) is 11.8 Å². The lowest BCUT2D eigenvalue weighted by Crippen LogP contribution is -2.36. The molecule has 3 rings (SSSR count). The van der Waals surface area contributed by atoms with Gasteiger partial charge in [0.15, 0.2) is 5.82 Å². The number of nitrogens with zero attached hydrogens (tertiary/aromatic N) is 3. The number of amides is 2. The monoisotopic (exact) mass is 372 g/mol. The third kappa shape index (κ3) is 4.45. The van der Waals surface area contributed by atoms with E-state index in [0.29, 0.717) is 36.1 Å². The standard InChI is InChI=1S/C19H24N4O4/c1-12-10-15(26-3)4-5-16(12)19(25)20-11-17-21-18(22-27-17)14-6-8-23(9-7-14)13(2)24/h4-5,10,14H,6-9,11H2,1-3H3,(H,20,25). The molecule has 8 heteroatoms. The van der Waals surface area contributed by atoms with E-state index in [-0.39, 0.29) is 24.3 Å². The molecule has 2 aromatic rings. The first kappa shape index (κ1) is 18.9. The van der Waals surface area contributed by atoms with Gasteiger partial charge in [-0.1, -0.05) is 5.16 Å². The Morgan fingerprint density at radius 1 is 1.33 bits per heavy atom. The molecule has 1 N–H and O–H groups in total. The summed E-state index contributed by atoms with van der Waals surface area (Å²) in [5, 5.41) is 6.85. The van der Waals surface area contributed by atoms with Gasteiger partial charge in [0, 0.05) is 31.5 Å². The summed E-state index contributed by atoms with van der Waals surface area (Å²) in [6.07, 6.45) is 1.63. The van der Waals surface area contributed by atoms with E-state index in [9.17, 15) is 9.59 Å². The van der Waals surface area contributed by atoms with Crippen molar-refractivity contribution >= 4 is 11.8 Å². The maximum Gasteiger partial charge on any atom is 0.251 e. The zero-order valence-electron chi connectivity index (χ0n) is 15.8. The van der Waals surface area contributed by atoms with E-state index >= 15 is 0 Å². The molecule has 0 unspecified atom stereocenters. The Morgan fingerprint density at radius 2 is 2.07 bits per heavy atom. The van der Waals surface area contributed by atoms with Crippen molar-refractivity contribution in [2.24, 2.45) is 0 Å². The van der Waals surface area contributed by atoms with E-state index in [2.05, 4.69) is 15.5 Å². The van der Waals surface area contributed by atoms with Crippen molar-refractivity contribution in [2.75, 3.05) is 20.2 Å². The van der Waals surface area contributed by atoms with Crippen LogP contribution in [-0.4, -0.2) is 47.1 Å². The van der Waals surface area contributed by atoms with Crippen LogP contribution in [0.25, 0.3) is 0 Å². The third-order valence-corrected chi connectivity index (χ3v) is 4.87. The number of hydrogen-bond acceptors (Lipinski definition) is 6. The van der Waals surface area contributed by atoms with Crippen molar-refractivity contribution in [3.8, 4) is 5.75 Å². The Kier molecular flexibility index (Phi) is 5.73. The van der Waals surface area contributed by atoms with Crippen LogP contribution in [0.2, 0.25) is 0 Å². The minimum atomic E-state index is -0.204. The van der Waals surface area contributed by atoms with Crippen LogP contribution in [0.3, 0.4) is 0 Å². The second kappa shape index (κ2) is 8.20. The van der Waals surface area contributed by atoms with Gasteiger partial charge >= 0.3 is 0 Å². The normalized spacial score (nSPS) is 14.9. The Balaban J connectivity index is 1.55. The summed E-state index contributed by atoms with van der Waals surface area (Å²) in [4.78, 5) is 30.0. The number of likely N-dealkylation sites (tertiary alicyclic amines) is 1. The highest BCUT2D eigenvalue weighted by atomic mass is 16.5. The molecule has 1 aromatic carbocycles. The van der Waals surface area contributed by atoms with Crippen molar-refractivity contribution in [3.63, 3.8) is 0 Å². The Bertz CT molecular complexity index is 825. The topological polar surface area (TPSA) is 97.6 Å². The van der Waals surface area contributed by atoms with E-state index in [0.717, 1.165) is 18.4 Å². The third-order valence-electron chi connectivity index (χ3n) is 4.87. The van der Waals surface area contributed by atoms with Crippen LogP contribution in [0.15, 0.2) is 22.7 Å². The molecule has 0 spiro atoms. The first-order chi connectivity index (χ1) is 13.0. The van der Waals surface area contributed by atoms with Gasteiger partial charge in [0.25, 0.3) is 5.91 Å². The highest BCUT2D eigenvalue weighted by Gasteiger charge is 2.25. The van der Waals surface area contributed by atoms with Gasteiger partial charge in [-0.05, 0) is 43.5 Å². The minimum absolute atomic E-state index is 0.0961. The van der Waals surface area contributed by atoms with Crippen molar-refractivity contribution < 1.29 is 18.8 Å². The van der Waals surface area contributed by atoms with Gasteiger partial charge in [-0.3, -0.25) is 9.59 Å². The molecule has 8 nitrogen and oxygen atoms in total. The molecule has 1 fully saturated rings. The maximum atomic E-state index is 12.4. The zero-order valence-corrected chi connectivity index (χ0v) is 15.8. The van der Waals surface area contributed by atoms with Crippen LogP contribution in [0.5, 0.6) is 5.75 Å². The lowest BCUT2D eigenvalue weighted by molar-refractivity contribution is -0.129. The molecular formula is C19H24N4O4. The van der Waals surface area contributed by atoms with Crippen molar-refractivity contribution in [3.05, 3.63) is 41.0 Å². The number of methoxy groups -OCH3 is 1. The first-order valence-electron chi connectivity index (χ1n) is 8.98. The van der Waals surface area contributed by atoms with Gasteiger partial charge < -0.3 is 19.5 Å². The fourth-order valence-electron chi connectivity index (χ4n) is 3.23. The quantitative estimate of drug-likeness (QED) is 0.863. The summed E-state index contributed by atoms with van der Waals surface area (Å²) in [7, 11) is 1.59. The second-order valence-corrected chi connectivity index (χ2v) is 6.69. The van der Waals surface area contributed by atoms with Gasteiger partial charge in [0.05, 0.1) is 13.7 Å². The van der Waals surface area contributed by atoms with Crippen LogP contribution in [0.1, 0.15) is 53.3 Å². The summed E-state index contributed by atoms with van der Waals surface area (Å²) in [5.41, 5.74) is 1.41. The predicted molar refractivity (Wildman–Crippen MR) is 97.4 cm³/mol. The molecule has 0 aliphatic carbocycles. The number of carbonyl (C=O) groups is 2. The van der Waals surface area contributed by atoms with Gasteiger partial charge in [0.1, 0.15) is 5.75 Å². The largest absolute Gasteiger partial charge is 0.497 e. The number of ether oxygens (including phenoxy) is 1. The average molecular weight is 372 g/mol. The van der Waals surface area contributed by atoms with Crippen LogP contribution in [-0.2, 0) is 11.3 Å². The number of hydrogen-bond donors (Lipinski definition) is 1. The van der Waals surface area contributed by atoms with Crippen molar-refractivity contribution in [2.45, 2.75) is 39.2 Å². The number of carbonyl (C=O) groups excluding carboxylic acids is 2. The first-order valence-corrected chi connectivity index (χ1v) is 8.98. The van der Waals surface area contributed by atoms with Crippen LogP contribution in [0, 0.1) is 6.92 Å². The molecule has 1 aromatic heterocycles. The molecule has 0 saturated carbocycles. The fraction of sp³-hybridized carbons (Fsp3) is 0.474. The highest BCUT2D eigenvalue weighted by Crippen LogP contribution is 2.26. The molecule has 2 amide bonds. The fourth-order valence-corrected chi connectivity index (χ4v) is 3.23. The summed E-state index contributed by atoms with van der Waals surface area (Å²) >= 11 is 0. The summed E-state index contributed by atoms with van der Waals surface area (Å²) in [6, 6.07) is 5.29. The number of rotatable bonds is 5. The van der Waals surface area contributed by atoms with Crippen LogP contribution < -0.4 is 10.1 Å². The van der Waals surface area contributed by atoms with E-state index in [1.54, 1.807) is 26.2 Å². The lowest BCUT2D eigenvalue weighted by atomic mass is 9.96. The SMILES string of the molecule is COc1ccc(C(=O)NCc2nc(C3CCN(C(C)=O)CC3)no2)c(C)c1. The molecule has 1 aliphatic rings. The number of piperidine rings is 1. The average Bonchev–Trinajstić information content (AvgIpc) is 3.15. The Hall–Kier alpha value is -2.90. The summed E-state index contributed by atoms with van der Waals surface area (Å²) < 4.78 is 10.4. The van der Waals surface area contributed by atoms with Gasteiger partial charge in [-0.25, -0.2) is 0 Å². The highest BCUT2D eigenvalue weighted by molar-refractivity contribution is 5.95. The zero-order chi connectivity index (χ0) is 19.4. The van der Waals surface area contributed by atoms with Gasteiger partial charge in [-0.15, -0.1) is 0 Å².